The van der Waals surface area contributed by atoms with Crippen molar-refractivity contribution in [3.8, 4) is 0 Å². The molecule has 8 heteroatoms. The number of aryl methyl sites for hydroxylation is 1. The molecule has 114 valence electrons. The molecule has 1 heterocycles. The van der Waals surface area contributed by atoms with Crippen LogP contribution in [-0.2, 0) is 5.92 Å². The monoisotopic (exact) mass is 305 g/mol. The first-order chi connectivity index (χ1) is 9.66. The highest BCUT2D eigenvalue weighted by molar-refractivity contribution is 5.89. The molecule has 1 aromatic heterocycles. The molecule has 2 rings (SSSR count). The molecule has 1 aromatic carbocycles. The Bertz CT molecular complexity index is 667. The van der Waals surface area contributed by atoms with Gasteiger partial charge in [-0.3, -0.25) is 0 Å². The van der Waals surface area contributed by atoms with Crippen LogP contribution in [-0.4, -0.2) is 22.7 Å². The van der Waals surface area contributed by atoms with E-state index in [9.17, 15) is 22.0 Å². The van der Waals surface area contributed by atoms with Gasteiger partial charge in [0.15, 0.2) is 0 Å². The number of anilines is 1. The predicted molar refractivity (Wildman–Crippen MR) is 68.4 cm³/mol. The molecular formula is C13H12F5N3. The summed E-state index contributed by atoms with van der Waals surface area (Å²) < 4.78 is 64.2. The molecule has 0 bridgehead atoms. The van der Waals surface area contributed by atoms with Gasteiger partial charge in [-0.1, -0.05) is 11.6 Å². The summed E-state index contributed by atoms with van der Waals surface area (Å²) in [6, 6.07) is 4.60. The molecule has 1 N–H and O–H groups in total. The van der Waals surface area contributed by atoms with Gasteiger partial charge in [0.2, 0.25) is 5.82 Å². The Kier molecular flexibility index (Phi) is 3.73. The second kappa shape index (κ2) is 5.09. The molecule has 21 heavy (non-hydrogen) atoms. The number of hydrogen-bond acceptors (Lipinski definition) is 3. The second-order valence-corrected chi connectivity index (χ2v) is 4.52. The number of halogens is 5. The number of fused-ring (bicyclic) bond motifs is 1. The minimum Gasteiger partial charge on any atom is -0.370 e. The standard InChI is InChI=1S/C13H12F5N3/c1-3-19-10-8-6-7(2)4-5-9(8)20-11(21-10)12(14,15)13(16,17)18/h4-6H,3H2,1-2H3,(H,19,20,21). The third-order valence-electron chi connectivity index (χ3n) is 2.83. The van der Waals surface area contributed by atoms with Crippen LogP contribution in [0.4, 0.5) is 27.8 Å². The molecule has 0 unspecified atom stereocenters. The fourth-order valence-electron chi connectivity index (χ4n) is 1.81. The summed E-state index contributed by atoms with van der Waals surface area (Å²) in [6.45, 7) is 3.79. The minimum absolute atomic E-state index is 0.0328. The topological polar surface area (TPSA) is 37.8 Å². The molecule has 0 amide bonds. The quantitative estimate of drug-likeness (QED) is 0.870. The van der Waals surface area contributed by atoms with E-state index in [1.807, 2.05) is 0 Å². The number of nitrogens with zero attached hydrogens (tertiary/aromatic N) is 2. The second-order valence-electron chi connectivity index (χ2n) is 4.52. The maximum Gasteiger partial charge on any atom is 0.461 e. The van der Waals surface area contributed by atoms with Gasteiger partial charge >= 0.3 is 12.1 Å². The molecule has 3 nitrogen and oxygen atoms in total. The van der Waals surface area contributed by atoms with Crippen molar-refractivity contribution >= 4 is 16.7 Å². The molecular weight excluding hydrogens is 293 g/mol. The van der Waals surface area contributed by atoms with E-state index in [1.165, 1.54) is 6.07 Å². The summed E-state index contributed by atoms with van der Waals surface area (Å²) in [5.74, 6) is -6.69. The van der Waals surface area contributed by atoms with Gasteiger partial charge < -0.3 is 5.32 Å². The van der Waals surface area contributed by atoms with E-state index in [0.717, 1.165) is 5.56 Å². The van der Waals surface area contributed by atoms with Crippen LogP contribution in [0.5, 0.6) is 0 Å². The highest BCUT2D eigenvalue weighted by atomic mass is 19.4. The molecule has 0 atom stereocenters. The van der Waals surface area contributed by atoms with Gasteiger partial charge in [0.1, 0.15) is 5.82 Å². The van der Waals surface area contributed by atoms with E-state index in [2.05, 4.69) is 15.3 Å². The lowest BCUT2D eigenvalue weighted by Gasteiger charge is -2.19. The molecule has 0 aliphatic heterocycles. The van der Waals surface area contributed by atoms with Gasteiger partial charge in [0.25, 0.3) is 0 Å². The van der Waals surface area contributed by atoms with Crippen molar-refractivity contribution in [3.63, 3.8) is 0 Å². The van der Waals surface area contributed by atoms with E-state index in [1.54, 1.807) is 26.0 Å². The zero-order valence-electron chi connectivity index (χ0n) is 11.2. The number of aromatic nitrogens is 2. The van der Waals surface area contributed by atoms with E-state index < -0.39 is 17.9 Å². The van der Waals surface area contributed by atoms with Gasteiger partial charge in [0.05, 0.1) is 5.52 Å². The predicted octanol–water partition coefficient (Wildman–Crippen LogP) is 4.02. The van der Waals surface area contributed by atoms with Crippen LogP contribution in [0.15, 0.2) is 18.2 Å². The molecule has 2 aromatic rings. The van der Waals surface area contributed by atoms with E-state index in [0.29, 0.717) is 11.9 Å². The van der Waals surface area contributed by atoms with Crippen molar-refractivity contribution in [2.45, 2.75) is 25.9 Å². The summed E-state index contributed by atoms with van der Waals surface area (Å²) in [6.07, 6.45) is -5.74. The normalized spacial score (nSPS) is 12.7. The zero-order valence-corrected chi connectivity index (χ0v) is 11.2. The number of rotatable bonds is 3. The number of alkyl halides is 5. The van der Waals surface area contributed by atoms with Gasteiger partial charge in [-0.05, 0) is 26.0 Å². The average Bonchev–Trinajstić information content (AvgIpc) is 2.38. The van der Waals surface area contributed by atoms with Gasteiger partial charge in [-0.2, -0.15) is 22.0 Å². The van der Waals surface area contributed by atoms with Crippen LogP contribution in [0.2, 0.25) is 0 Å². The molecule has 0 aliphatic carbocycles. The molecule has 0 spiro atoms. The Morgan fingerprint density at radius 3 is 2.33 bits per heavy atom. The van der Waals surface area contributed by atoms with Crippen molar-refractivity contribution < 1.29 is 22.0 Å². The summed E-state index contributed by atoms with van der Waals surface area (Å²) in [7, 11) is 0. The SMILES string of the molecule is CCNc1nc(C(F)(F)C(F)(F)F)nc2ccc(C)cc12. The smallest absolute Gasteiger partial charge is 0.370 e. The Hall–Kier alpha value is -1.99. The van der Waals surface area contributed by atoms with E-state index in [-0.39, 0.29) is 11.3 Å². The maximum absolute atomic E-state index is 13.4. The first-order valence-corrected chi connectivity index (χ1v) is 6.14. The molecule has 0 radical (unpaired) electrons. The van der Waals surface area contributed by atoms with Crippen LogP contribution in [0.25, 0.3) is 10.9 Å². The first kappa shape index (κ1) is 15.4. The summed E-state index contributed by atoms with van der Waals surface area (Å²) >= 11 is 0. The zero-order chi connectivity index (χ0) is 15.8. The third kappa shape index (κ3) is 2.74. The number of benzene rings is 1. The lowest BCUT2D eigenvalue weighted by Crippen LogP contribution is -2.35. The van der Waals surface area contributed by atoms with Crippen molar-refractivity contribution in [3.05, 3.63) is 29.6 Å². The lowest BCUT2D eigenvalue weighted by atomic mass is 10.1. The highest BCUT2D eigenvalue weighted by Gasteiger charge is 2.61. The van der Waals surface area contributed by atoms with Crippen LogP contribution in [0.3, 0.4) is 0 Å². The Morgan fingerprint density at radius 2 is 1.76 bits per heavy atom. The summed E-state index contributed by atoms with van der Waals surface area (Å²) in [5.41, 5.74) is 0.853. The van der Waals surface area contributed by atoms with Crippen molar-refractivity contribution in [1.29, 1.82) is 0 Å². The Labute approximate surface area is 117 Å². The van der Waals surface area contributed by atoms with E-state index in [4.69, 9.17) is 0 Å². The molecule has 0 saturated carbocycles. The highest BCUT2D eigenvalue weighted by Crippen LogP contribution is 2.43. The first-order valence-electron chi connectivity index (χ1n) is 6.14. The van der Waals surface area contributed by atoms with Gasteiger partial charge in [0, 0.05) is 11.9 Å². The fourth-order valence-corrected chi connectivity index (χ4v) is 1.81. The van der Waals surface area contributed by atoms with Crippen LogP contribution in [0.1, 0.15) is 18.3 Å². The lowest BCUT2D eigenvalue weighted by molar-refractivity contribution is -0.292. The van der Waals surface area contributed by atoms with E-state index >= 15 is 0 Å². The third-order valence-corrected chi connectivity index (χ3v) is 2.83. The largest absolute Gasteiger partial charge is 0.461 e. The van der Waals surface area contributed by atoms with Crippen molar-refractivity contribution in [2.24, 2.45) is 0 Å². The maximum atomic E-state index is 13.4. The molecule has 0 fully saturated rings. The average molecular weight is 305 g/mol. The van der Waals surface area contributed by atoms with Crippen LogP contribution >= 0.6 is 0 Å². The van der Waals surface area contributed by atoms with Crippen molar-refractivity contribution in [1.82, 2.24) is 9.97 Å². The summed E-state index contributed by atoms with van der Waals surface area (Å²) in [5, 5.41) is 3.09. The van der Waals surface area contributed by atoms with Crippen LogP contribution in [0, 0.1) is 6.92 Å². The molecule has 0 saturated heterocycles. The van der Waals surface area contributed by atoms with Gasteiger partial charge in [-0.25, -0.2) is 9.97 Å². The Balaban J connectivity index is 2.70. The fraction of sp³-hybridized carbons (Fsp3) is 0.385. The number of nitrogens with one attached hydrogen (secondary N) is 1. The number of hydrogen-bond donors (Lipinski definition) is 1. The minimum atomic E-state index is -5.74. The van der Waals surface area contributed by atoms with Crippen LogP contribution < -0.4 is 5.32 Å². The van der Waals surface area contributed by atoms with Gasteiger partial charge in [-0.15, -0.1) is 0 Å². The summed E-state index contributed by atoms with van der Waals surface area (Å²) in [4.78, 5) is 6.75. The Morgan fingerprint density at radius 1 is 1.10 bits per heavy atom. The van der Waals surface area contributed by atoms with Crippen molar-refractivity contribution in [2.75, 3.05) is 11.9 Å². The molecule has 0 aliphatic rings.